The Bertz CT molecular complexity index is 1280. The summed E-state index contributed by atoms with van der Waals surface area (Å²) in [4.78, 5) is 29.0. The van der Waals surface area contributed by atoms with E-state index in [1.807, 2.05) is 21.6 Å². The van der Waals surface area contributed by atoms with Crippen molar-refractivity contribution in [2.45, 2.75) is 70.2 Å². The molecule has 196 valence electrons. The predicted molar refractivity (Wildman–Crippen MR) is 152 cm³/mol. The Hall–Kier alpha value is -2.12. The van der Waals surface area contributed by atoms with Crippen LogP contribution in [0.2, 0.25) is 0 Å². The lowest BCUT2D eigenvalue weighted by Gasteiger charge is -2.34. The van der Waals surface area contributed by atoms with Crippen molar-refractivity contribution in [2.75, 3.05) is 13.1 Å². The number of hydrogen-bond acceptors (Lipinski definition) is 5. The number of hydrogen-bond donors (Lipinski definition) is 0. The van der Waals surface area contributed by atoms with E-state index in [4.69, 9.17) is 16.6 Å². The number of pyridine rings is 1. The summed E-state index contributed by atoms with van der Waals surface area (Å²) in [6.07, 6.45) is 14.0. The van der Waals surface area contributed by atoms with Crippen molar-refractivity contribution in [1.29, 1.82) is 0 Å². The van der Waals surface area contributed by atoms with Gasteiger partial charge in [-0.15, -0.1) is 11.6 Å². The molecule has 2 aliphatic heterocycles. The van der Waals surface area contributed by atoms with Gasteiger partial charge >= 0.3 is 0 Å². The molecule has 1 saturated heterocycles. The third-order valence-electron chi connectivity index (χ3n) is 8.37. The first-order valence-electron chi connectivity index (χ1n) is 13.6. The zero-order valence-corrected chi connectivity index (χ0v) is 23.5. The predicted octanol–water partition coefficient (Wildman–Crippen LogP) is 6.08. The molecule has 1 saturated carbocycles. The molecule has 0 aromatic carbocycles. The van der Waals surface area contributed by atoms with E-state index < -0.39 is 0 Å². The number of imidazole rings is 1. The Morgan fingerprint density at radius 3 is 2.65 bits per heavy atom. The number of likely N-dealkylation sites (tertiary alicyclic amines) is 1. The molecule has 4 aliphatic rings. The van der Waals surface area contributed by atoms with Gasteiger partial charge in [-0.05, 0) is 72.6 Å². The minimum Gasteiger partial charge on any atom is -0.341 e. The number of halogens is 1. The molecule has 0 bridgehead atoms. The molecule has 37 heavy (non-hydrogen) atoms. The average Bonchev–Trinajstić information content (AvgIpc) is 3.56. The van der Waals surface area contributed by atoms with Crippen molar-refractivity contribution in [3.63, 3.8) is 0 Å². The number of aliphatic imine (C=N–C) groups is 1. The van der Waals surface area contributed by atoms with E-state index in [1.54, 1.807) is 24.3 Å². The number of thioether (sulfide) groups is 1. The lowest BCUT2D eigenvalue weighted by atomic mass is 9.72. The molecule has 1 amide bonds. The van der Waals surface area contributed by atoms with Gasteiger partial charge in [0.2, 0.25) is 5.91 Å². The van der Waals surface area contributed by atoms with Crippen LogP contribution < -0.4 is 0 Å². The monoisotopic (exact) mass is 537 g/mol. The number of carbonyl (C=O) groups excluding carboxylic acids is 1. The fourth-order valence-corrected chi connectivity index (χ4v) is 7.48. The van der Waals surface area contributed by atoms with Crippen LogP contribution in [0.15, 0.2) is 52.9 Å². The summed E-state index contributed by atoms with van der Waals surface area (Å²) in [6.45, 7) is 8.82. The van der Waals surface area contributed by atoms with Gasteiger partial charge in [-0.25, -0.2) is 9.97 Å². The first-order chi connectivity index (χ1) is 17.8. The van der Waals surface area contributed by atoms with Crippen molar-refractivity contribution >= 4 is 45.5 Å². The molecule has 2 fully saturated rings. The van der Waals surface area contributed by atoms with E-state index in [9.17, 15) is 4.79 Å². The van der Waals surface area contributed by atoms with Gasteiger partial charge in [0.15, 0.2) is 5.65 Å². The number of fused-ring (bicyclic) bond motifs is 1. The molecule has 8 heteroatoms. The molecule has 6 rings (SSSR count). The Labute approximate surface area is 228 Å². The quantitative estimate of drug-likeness (QED) is 0.434. The van der Waals surface area contributed by atoms with Gasteiger partial charge in [-0.3, -0.25) is 9.79 Å². The van der Waals surface area contributed by atoms with Gasteiger partial charge in [0.1, 0.15) is 16.8 Å². The number of alkyl halides is 1. The third kappa shape index (κ3) is 5.26. The highest BCUT2D eigenvalue weighted by atomic mass is 35.5. The Morgan fingerprint density at radius 2 is 1.92 bits per heavy atom. The van der Waals surface area contributed by atoms with Crippen molar-refractivity contribution in [3.8, 4) is 0 Å². The Morgan fingerprint density at radius 1 is 1.14 bits per heavy atom. The average molecular weight is 538 g/mol. The van der Waals surface area contributed by atoms with Crippen LogP contribution in [0.5, 0.6) is 0 Å². The van der Waals surface area contributed by atoms with Crippen molar-refractivity contribution in [1.82, 2.24) is 19.4 Å². The van der Waals surface area contributed by atoms with Crippen molar-refractivity contribution in [3.05, 3.63) is 48.0 Å². The first-order valence-corrected chi connectivity index (χ1v) is 14.9. The van der Waals surface area contributed by atoms with Crippen LogP contribution in [0.3, 0.4) is 0 Å². The highest BCUT2D eigenvalue weighted by Gasteiger charge is 2.40. The molecular weight excluding hydrogens is 502 g/mol. The van der Waals surface area contributed by atoms with E-state index in [-0.39, 0.29) is 28.6 Å². The van der Waals surface area contributed by atoms with E-state index in [1.165, 1.54) is 29.0 Å². The number of allylic oxidation sites excluding steroid dienone is 3. The second-order valence-corrected chi connectivity index (χ2v) is 14.0. The summed E-state index contributed by atoms with van der Waals surface area (Å²) in [5, 5.41) is 1.19. The van der Waals surface area contributed by atoms with Gasteiger partial charge in [0, 0.05) is 25.2 Å². The number of carbonyl (C=O) groups is 1. The van der Waals surface area contributed by atoms with Gasteiger partial charge in [0.25, 0.3) is 0 Å². The standard InChI is InChI=1S/C29H36ClN5OS/c1-29(2,3)22-14-20(18-6-7-18)13-21(15-22)25-26(30)37-28(33-25)19-8-11-34(12-9-19)24(36)16-35-17-32-23-5-4-10-31-27(23)35/h4-5,10,13-14,17-19,22,25-26H,6-9,11-12,15-16H2,1-3H3. The minimum atomic E-state index is -0.0397. The van der Waals surface area contributed by atoms with Crippen LogP contribution in [-0.2, 0) is 11.3 Å². The molecule has 3 atom stereocenters. The normalized spacial score (nSPS) is 27.3. The number of amides is 1. The molecule has 0 spiro atoms. The van der Waals surface area contributed by atoms with Gasteiger partial charge in [0.05, 0.1) is 17.4 Å². The topological polar surface area (TPSA) is 63.4 Å². The molecular formula is C29H36ClN5OS. The summed E-state index contributed by atoms with van der Waals surface area (Å²) in [7, 11) is 0. The number of rotatable bonds is 5. The van der Waals surface area contributed by atoms with E-state index in [0.717, 1.165) is 49.4 Å². The van der Waals surface area contributed by atoms with E-state index >= 15 is 0 Å². The largest absolute Gasteiger partial charge is 0.341 e. The molecule has 2 aromatic rings. The molecule has 3 unspecified atom stereocenters. The van der Waals surface area contributed by atoms with E-state index in [0.29, 0.717) is 11.8 Å². The molecule has 2 aromatic heterocycles. The second kappa shape index (κ2) is 9.88. The summed E-state index contributed by atoms with van der Waals surface area (Å²) in [5.74, 6) is 1.78. The van der Waals surface area contributed by atoms with Crippen molar-refractivity contribution in [2.24, 2.45) is 28.2 Å². The third-order valence-corrected chi connectivity index (χ3v) is 10.0. The lowest BCUT2D eigenvalue weighted by molar-refractivity contribution is -0.132. The minimum absolute atomic E-state index is 0.0397. The first kappa shape index (κ1) is 25.2. The summed E-state index contributed by atoms with van der Waals surface area (Å²) in [6, 6.07) is 3.85. The second-order valence-electron chi connectivity index (χ2n) is 12.1. The SMILES string of the molecule is CC(C)(C)C1C=C(C2CC2)C=C(C2N=C(C3CCN(C(=O)Cn4cnc5cccnc54)CC3)SC2Cl)C1. The van der Waals surface area contributed by atoms with Crippen LogP contribution >= 0.6 is 23.4 Å². The smallest absolute Gasteiger partial charge is 0.242 e. The lowest BCUT2D eigenvalue weighted by Crippen LogP contribution is -2.41. The number of aromatic nitrogens is 3. The molecule has 0 N–H and O–H groups in total. The summed E-state index contributed by atoms with van der Waals surface area (Å²) in [5.41, 5.74) is 4.74. The van der Waals surface area contributed by atoms with Crippen molar-refractivity contribution < 1.29 is 4.79 Å². The summed E-state index contributed by atoms with van der Waals surface area (Å²) < 4.78 is 1.80. The molecule has 0 radical (unpaired) electrons. The number of piperidine rings is 1. The fourth-order valence-electron chi connectivity index (χ4n) is 5.79. The molecule has 4 heterocycles. The van der Waals surface area contributed by atoms with Crippen LogP contribution in [0.1, 0.15) is 52.9 Å². The molecule has 6 nitrogen and oxygen atoms in total. The Kier molecular flexibility index (Phi) is 6.72. The summed E-state index contributed by atoms with van der Waals surface area (Å²) >= 11 is 8.70. The van der Waals surface area contributed by atoms with Gasteiger partial charge < -0.3 is 9.47 Å². The van der Waals surface area contributed by atoms with Gasteiger partial charge in [-0.1, -0.05) is 44.7 Å². The molecule has 2 aliphatic carbocycles. The maximum atomic E-state index is 13.0. The highest BCUT2D eigenvalue weighted by molar-refractivity contribution is 8.15. The van der Waals surface area contributed by atoms with E-state index in [2.05, 4.69) is 42.9 Å². The fraction of sp³-hybridized carbons (Fsp3) is 0.586. The van der Waals surface area contributed by atoms with Crippen LogP contribution in [0.25, 0.3) is 11.2 Å². The van der Waals surface area contributed by atoms with Crippen LogP contribution in [-0.4, -0.2) is 54.2 Å². The van der Waals surface area contributed by atoms with Crippen LogP contribution in [0, 0.1) is 23.2 Å². The van der Waals surface area contributed by atoms with Gasteiger partial charge in [-0.2, -0.15) is 0 Å². The zero-order valence-electron chi connectivity index (χ0n) is 21.9. The maximum absolute atomic E-state index is 13.0. The van der Waals surface area contributed by atoms with Crippen LogP contribution in [0.4, 0.5) is 0 Å². The maximum Gasteiger partial charge on any atom is 0.242 e. The highest BCUT2D eigenvalue weighted by Crippen LogP contribution is 2.48. The number of nitrogens with zero attached hydrogens (tertiary/aromatic N) is 5. The zero-order chi connectivity index (χ0) is 25.7. The Balaban J connectivity index is 1.10.